The molecule has 0 aromatic carbocycles. The first kappa shape index (κ1) is 6.27. The third-order valence-electron chi connectivity index (χ3n) is 0.425. The Bertz CT molecular complexity index is 32.0. The summed E-state index contributed by atoms with van der Waals surface area (Å²) in [6.45, 7) is 0. The van der Waals surface area contributed by atoms with Crippen LogP contribution in [0.25, 0.3) is 0 Å². The van der Waals surface area contributed by atoms with Crippen molar-refractivity contribution in [3.8, 4) is 0 Å². The summed E-state index contributed by atoms with van der Waals surface area (Å²) in [5.74, 6) is 0.650. The number of rotatable bonds is 2. The van der Waals surface area contributed by atoms with E-state index in [1.807, 2.05) is 0 Å². The van der Waals surface area contributed by atoms with Gasteiger partial charge in [0.05, 0.1) is 0 Å². The highest BCUT2D eigenvalue weighted by Gasteiger charge is 1.87. The molecule has 0 aromatic rings. The lowest BCUT2D eigenvalue weighted by molar-refractivity contribution is 0.179. The molecule has 0 aliphatic heterocycles. The number of hydrogen-bond acceptors (Lipinski definition) is 3. The van der Waals surface area contributed by atoms with Gasteiger partial charge in [-0.3, -0.25) is 0 Å². The zero-order valence-corrected chi connectivity index (χ0v) is 4.36. The summed E-state index contributed by atoms with van der Waals surface area (Å²) in [4.78, 5) is 0. The first-order valence-electron chi connectivity index (χ1n) is 1.82. The highest BCUT2D eigenvalue weighted by Crippen LogP contribution is 1.83. The van der Waals surface area contributed by atoms with E-state index in [-0.39, 0.29) is 0 Å². The van der Waals surface area contributed by atoms with Crippen molar-refractivity contribution in [3.05, 3.63) is 0 Å². The van der Waals surface area contributed by atoms with Gasteiger partial charge in [-0.05, 0) is 12.2 Å². The van der Waals surface area contributed by atoms with E-state index in [1.54, 1.807) is 0 Å². The van der Waals surface area contributed by atoms with Crippen molar-refractivity contribution in [1.82, 2.24) is 0 Å². The summed E-state index contributed by atoms with van der Waals surface area (Å²) in [6, 6.07) is 0. The molecule has 0 bridgehead atoms. The second-order valence-electron chi connectivity index (χ2n) is 1.08. The Morgan fingerprint density at radius 1 is 1.83 bits per heavy atom. The smallest absolute Gasteiger partial charge is 0.103 e. The van der Waals surface area contributed by atoms with Crippen LogP contribution in [-0.4, -0.2) is 17.1 Å². The monoisotopic (exact) mass is 107 g/mol. The molecule has 0 saturated carbocycles. The number of hydrogen-bond donors (Lipinski definition) is 3. The molecule has 0 radical (unpaired) electrons. The van der Waals surface area contributed by atoms with Gasteiger partial charge in [0.15, 0.2) is 0 Å². The van der Waals surface area contributed by atoms with Gasteiger partial charge >= 0.3 is 0 Å². The molecule has 0 aliphatic rings. The number of aliphatic hydroxyl groups excluding tert-OH is 1. The van der Waals surface area contributed by atoms with E-state index in [4.69, 9.17) is 10.8 Å². The lowest BCUT2D eigenvalue weighted by Gasteiger charge is -1.95. The van der Waals surface area contributed by atoms with Gasteiger partial charge in [-0.1, -0.05) is 0 Å². The summed E-state index contributed by atoms with van der Waals surface area (Å²) < 4.78 is 0. The minimum Gasteiger partial charge on any atom is -0.379 e. The van der Waals surface area contributed by atoms with E-state index in [0.717, 1.165) is 0 Å². The number of aliphatic hydroxyl groups is 1. The predicted molar refractivity (Wildman–Crippen MR) is 28.7 cm³/mol. The van der Waals surface area contributed by atoms with Gasteiger partial charge < -0.3 is 10.8 Å². The largest absolute Gasteiger partial charge is 0.379 e. The van der Waals surface area contributed by atoms with Crippen LogP contribution in [0.15, 0.2) is 0 Å². The first-order valence-corrected chi connectivity index (χ1v) is 2.45. The Kier molecular flexibility index (Phi) is 3.62. The van der Waals surface area contributed by atoms with Crippen molar-refractivity contribution in [2.75, 3.05) is 5.75 Å². The quantitative estimate of drug-likeness (QED) is 0.331. The van der Waals surface area contributed by atoms with Gasteiger partial charge in [-0.15, -0.1) is 0 Å². The molecule has 6 heavy (non-hydrogen) atoms. The molecule has 0 aromatic heterocycles. The fourth-order valence-electron chi connectivity index (χ4n) is 0.132. The van der Waals surface area contributed by atoms with Crippen molar-refractivity contribution in [1.29, 1.82) is 0 Å². The highest BCUT2D eigenvalue weighted by molar-refractivity contribution is 7.80. The minimum atomic E-state index is -0.678. The van der Waals surface area contributed by atoms with Gasteiger partial charge in [-0.25, -0.2) is 0 Å². The van der Waals surface area contributed by atoms with Gasteiger partial charge in [0.2, 0.25) is 0 Å². The third-order valence-corrected chi connectivity index (χ3v) is 0.683. The standard InChI is InChI=1S/C3H9NOS/c4-3(5)1-2-6/h3,5-6H,1-2,4H2/t3-/m0/s1. The van der Waals surface area contributed by atoms with E-state index in [9.17, 15) is 0 Å². The average molecular weight is 107 g/mol. The van der Waals surface area contributed by atoms with Gasteiger partial charge in [-0.2, -0.15) is 12.6 Å². The van der Waals surface area contributed by atoms with Crippen LogP contribution < -0.4 is 5.73 Å². The molecule has 0 unspecified atom stereocenters. The Hall–Kier alpha value is 0.270. The zero-order chi connectivity index (χ0) is 4.99. The summed E-state index contributed by atoms with van der Waals surface area (Å²) in [7, 11) is 0. The molecular formula is C3H9NOS. The second-order valence-corrected chi connectivity index (χ2v) is 1.53. The molecule has 2 nitrogen and oxygen atoms in total. The van der Waals surface area contributed by atoms with Crippen LogP contribution in [0, 0.1) is 0 Å². The molecule has 0 aliphatic carbocycles. The molecule has 0 amide bonds. The molecule has 0 heterocycles. The van der Waals surface area contributed by atoms with E-state index in [2.05, 4.69) is 12.6 Å². The average Bonchev–Trinajstić information content (AvgIpc) is 1.35. The number of nitrogens with two attached hydrogens (primary N) is 1. The zero-order valence-electron chi connectivity index (χ0n) is 3.46. The maximum absolute atomic E-state index is 8.28. The van der Waals surface area contributed by atoms with Crippen LogP contribution in [0.4, 0.5) is 0 Å². The third kappa shape index (κ3) is 4.27. The van der Waals surface area contributed by atoms with Crippen molar-refractivity contribution in [2.45, 2.75) is 12.6 Å². The summed E-state index contributed by atoms with van der Waals surface area (Å²) in [5, 5.41) is 8.28. The molecule has 38 valence electrons. The minimum absolute atomic E-state index is 0.573. The molecule has 0 fully saturated rings. The molecule has 3 heteroatoms. The van der Waals surface area contributed by atoms with Gasteiger partial charge in [0.25, 0.3) is 0 Å². The van der Waals surface area contributed by atoms with Gasteiger partial charge in [0.1, 0.15) is 6.23 Å². The fraction of sp³-hybridized carbons (Fsp3) is 1.00. The lowest BCUT2D eigenvalue weighted by Crippen LogP contribution is -2.18. The molecule has 3 N–H and O–H groups in total. The van der Waals surface area contributed by atoms with Crippen LogP contribution in [0.1, 0.15) is 6.42 Å². The number of thiol groups is 1. The Labute approximate surface area is 42.8 Å². The normalized spacial score (nSPS) is 14.5. The summed E-state index contributed by atoms with van der Waals surface area (Å²) in [5.41, 5.74) is 4.91. The fourth-order valence-corrected chi connectivity index (χ4v) is 0.397. The maximum Gasteiger partial charge on any atom is 0.103 e. The van der Waals surface area contributed by atoms with Crippen molar-refractivity contribution in [3.63, 3.8) is 0 Å². The van der Waals surface area contributed by atoms with Gasteiger partial charge in [0, 0.05) is 0 Å². The molecule has 0 rings (SSSR count). The first-order chi connectivity index (χ1) is 2.77. The lowest BCUT2D eigenvalue weighted by atomic mass is 10.4. The highest BCUT2D eigenvalue weighted by atomic mass is 32.1. The SMILES string of the molecule is N[C@@H](O)CCS. The van der Waals surface area contributed by atoms with E-state index in [1.165, 1.54) is 0 Å². The Morgan fingerprint density at radius 2 is 2.33 bits per heavy atom. The van der Waals surface area contributed by atoms with Crippen LogP contribution in [0.3, 0.4) is 0 Å². The Balaban J connectivity index is 2.63. The Morgan fingerprint density at radius 3 is 2.33 bits per heavy atom. The van der Waals surface area contributed by atoms with E-state index < -0.39 is 6.23 Å². The van der Waals surface area contributed by atoms with E-state index >= 15 is 0 Å². The molecule has 1 atom stereocenters. The summed E-state index contributed by atoms with van der Waals surface area (Å²) >= 11 is 3.82. The van der Waals surface area contributed by atoms with Crippen molar-refractivity contribution < 1.29 is 5.11 Å². The molecule has 0 saturated heterocycles. The predicted octanol–water partition coefficient (Wildman–Crippen LogP) is -0.417. The summed E-state index contributed by atoms with van der Waals surface area (Å²) in [6.07, 6.45) is -0.106. The van der Waals surface area contributed by atoms with E-state index in [0.29, 0.717) is 12.2 Å². The van der Waals surface area contributed by atoms with Crippen molar-refractivity contribution >= 4 is 12.6 Å². The van der Waals surface area contributed by atoms with Crippen LogP contribution in [0.2, 0.25) is 0 Å². The topological polar surface area (TPSA) is 46.2 Å². The van der Waals surface area contributed by atoms with Crippen molar-refractivity contribution in [2.24, 2.45) is 5.73 Å². The van der Waals surface area contributed by atoms with Crippen LogP contribution in [-0.2, 0) is 0 Å². The maximum atomic E-state index is 8.28. The van der Waals surface area contributed by atoms with Crippen LogP contribution >= 0.6 is 12.6 Å². The second kappa shape index (κ2) is 3.46. The molecule has 0 spiro atoms. The molecular weight excluding hydrogens is 98.1 g/mol. The van der Waals surface area contributed by atoms with Crippen LogP contribution in [0.5, 0.6) is 0 Å².